The fourth-order valence-corrected chi connectivity index (χ4v) is 2.58. The lowest BCUT2D eigenvalue weighted by molar-refractivity contribution is 0.508. The van der Waals surface area contributed by atoms with Gasteiger partial charge in [-0.2, -0.15) is 0 Å². The first-order valence-corrected chi connectivity index (χ1v) is 7.32. The molecular formula is C17H18ClF2N. The molecule has 0 bridgehead atoms. The molecule has 1 atom stereocenters. The van der Waals surface area contributed by atoms with Crippen molar-refractivity contribution in [1.29, 1.82) is 0 Å². The molecule has 0 aliphatic rings. The second-order valence-electron chi connectivity index (χ2n) is 5.08. The van der Waals surface area contributed by atoms with E-state index in [0.717, 1.165) is 5.56 Å². The number of likely N-dealkylation sites (N-methyl/N-ethyl adjacent to an activating group) is 1. The lowest BCUT2D eigenvalue weighted by Gasteiger charge is -2.20. The molecular weight excluding hydrogens is 292 g/mol. The van der Waals surface area contributed by atoms with Crippen molar-refractivity contribution >= 4 is 11.6 Å². The van der Waals surface area contributed by atoms with Gasteiger partial charge in [0, 0.05) is 16.6 Å². The number of hydrogen-bond donors (Lipinski definition) is 1. The van der Waals surface area contributed by atoms with Crippen LogP contribution in [0.3, 0.4) is 0 Å². The SMILES string of the molecule is CCNC(Cc1cc(F)ccc1Cl)c1cc(C)ccc1F. The molecule has 0 saturated carbocycles. The minimum atomic E-state index is -0.339. The molecule has 1 nitrogen and oxygen atoms in total. The summed E-state index contributed by atoms with van der Waals surface area (Å²) in [6, 6.07) is 9.02. The molecule has 1 unspecified atom stereocenters. The smallest absolute Gasteiger partial charge is 0.128 e. The van der Waals surface area contributed by atoms with Gasteiger partial charge in [-0.25, -0.2) is 8.78 Å². The Hall–Kier alpha value is -1.45. The second-order valence-corrected chi connectivity index (χ2v) is 5.48. The van der Waals surface area contributed by atoms with E-state index in [1.165, 1.54) is 24.3 Å². The first-order valence-electron chi connectivity index (χ1n) is 6.94. The topological polar surface area (TPSA) is 12.0 Å². The van der Waals surface area contributed by atoms with Crippen LogP contribution in [-0.4, -0.2) is 6.54 Å². The number of aryl methyl sites for hydroxylation is 1. The van der Waals surface area contributed by atoms with Gasteiger partial charge < -0.3 is 5.32 Å². The maximum Gasteiger partial charge on any atom is 0.128 e. The van der Waals surface area contributed by atoms with Crippen LogP contribution in [-0.2, 0) is 6.42 Å². The van der Waals surface area contributed by atoms with Gasteiger partial charge in [-0.15, -0.1) is 0 Å². The Labute approximate surface area is 128 Å². The van der Waals surface area contributed by atoms with Gasteiger partial charge in [0.15, 0.2) is 0 Å². The van der Waals surface area contributed by atoms with E-state index in [-0.39, 0.29) is 17.7 Å². The molecule has 0 aliphatic heterocycles. The van der Waals surface area contributed by atoms with Crippen LogP contribution in [0.1, 0.15) is 29.7 Å². The van der Waals surface area contributed by atoms with E-state index in [9.17, 15) is 8.78 Å². The summed E-state index contributed by atoms with van der Waals surface area (Å²) in [5.74, 6) is -0.603. The second kappa shape index (κ2) is 7.01. The Morgan fingerprint density at radius 1 is 1.14 bits per heavy atom. The summed E-state index contributed by atoms with van der Waals surface area (Å²) < 4.78 is 27.5. The molecule has 0 amide bonds. The molecule has 2 rings (SSSR count). The van der Waals surface area contributed by atoms with Gasteiger partial charge in [-0.3, -0.25) is 0 Å². The number of benzene rings is 2. The summed E-state index contributed by atoms with van der Waals surface area (Å²) in [6.07, 6.45) is 0.435. The molecule has 0 fully saturated rings. The molecule has 4 heteroatoms. The molecule has 0 spiro atoms. The molecule has 0 aliphatic carbocycles. The summed E-state index contributed by atoms with van der Waals surface area (Å²) >= 11 is 6.11. The van der Waals surface area contributed by atoms with Crippen LogP contribution in [0.15, 0.2) is 36.4 Å². The van der Waals surface area contributed by atoms with E-state index in [1.807, 2.05) is 19.9 Å². The fourth-order valence-electron chi connectivity index (χ4n) is 2.39. The van der Waals surface area contributed by atoms with Gasteiger partial charge in [0.25, 0.3) is 0 Å². The van der Waals surface area contributed by atoms with E-state index >= 15 is 0 Å². The molecule has 1 N–H and O–H groups in total. The van der Waals surface area contributed by atoms with Crippen molar-refractivity contribution < 1.29 is 8.78 Å². The van der Waals surface area contributed by atoms with Crippen LogP contribution in [0.25, 0.3) is 0 Å². The Morgan fingerprint density at radius 2 is 1.90 bits per heavy atom. The first kappa shape index (κ1) is 15.9. The van der Waals surface area contributed by atoms with E-state index in [2.05, 4.69) is 5.32 Å². The number of nitrogens with one attached hydrogen (secondary N) is 1. The van der Waals surface area contributed by atoms with Crippen molar-refractivity contribution in [3.05, 3.63) is 69.7 Å². The molecule has 21 heavy (non-hydrogen) atoms. The summed E-state index contributed by atoms with van der Waals surface area (Å²) in [4.78, 5) is 0. The Morgan fingerprint density at radius 3 is 2.62 bits per heavy atom. The van der Waals surface area contributed by atoms with E-state index < -0.39 is 0 Å². The van der Waals surface area contributed by atoms with Crippen LogP contribution in [0.2, 0.25) is 5.02 Å². The zero-order valence-electron chi connectivity index (χ0n) is 12.1. The minimum Gasteiger partial charge on any atom is -0.310 e. The van der Waals surface area contributed by atoms with Crippen LogP contribution < -0.4 is 5.32 Å². The van der Waals surface area contributed by atoms with Crippen LogP contribution in [0.5, 0.6) is 0 Å². The van der Waals surface area contributed by atoms with Gasteiger partial charge >= 0.3 is 0 Å². The predicted octanol–water partition coefficient (Wildman–Crippen LogP) is 4.82. The highest BCUT2D eigenvalue weighted by atomic mass is 35.5. The third-order valence-corrected chi connectivity index (χ3v) is 3.78. The molecule has 0 heterocycles. The first-order chi connectivity index (χ1) is 10.0. The summed E-state index contributed by atoms with van der Waals surface area (Å²) in [5, 5.41) is 3.73. The van der Waals surface area contributed by atoms with Crippen molar-refractivity contribution in [3.63, 3.8) is 0 Å². The minimum absolute atomic E-state index is 0.241. The molecule has 0 radical (unpaired) electrons. The molecule has 112 valence electrons. The highest BCUT2D eigenvalue weighted by Crippen LogP contribution is 2.26. The lowest BCUT2D eigenvalue weighted by Crippen LogP contribution is -2.24. The maximum absolute atomic E-state index is 14.1. The van der Waals surface area contributed by atoms with Crippen LogP contribution in [0, 0.1) is 18.6 Å². The van der Waals surface area contributed by atoms with Crippen LogP contribution >= 0.6 is 11.6 Å². The summed E-state index contributed by atoms with van der Waals surface area (Å²) in [7, 11) is 0. The normalized spacial score (nSPS) is 12.4. The van der Waals surface area contributed by atoms with Crippen LogP contribution in [0.4, 0.5) is 8.78 Å². The van der Waals surface area contributed by atoms with Gasteiger partial charge in [0.05, 0.1) is 0 Å². The molecule has 2 aromatic rings. The fraction of sp³-hybridized carbons (Fsp3) is 0.294. The van der Waals surface area contributed by atoms with Gasteiger partial charge in [-0.1, -0.05) is 36.2 Å². The van der Waals surface area contributed by atoms with Crippen molar-refractivity contribution in [2.75, 3.05) is 6.54 Å². The highest BCUT2D eigenvalue weighted by Gasteiger charge is 2.17. The largest absolute Gasteiger partial charge is 0.310 e. The van der Waals surface area contributed by atoms with E-state index in [1.54, 1.807) is 6.07 Å². The van der Waals surface area contributed by atoms with E-state index in [4.69, 9.17) is 11.6 Å². The van der Waals surface area contributed by atoms with Crippen molar-refractivity contribution in [2.24, 2.45) is 0 Å². The average Bonchev–Trinajstić information content (AvgIpc) is 2.45. The van der Waals surface area contributed by atoms with Crippen molar-refractivity contribution in [1.82, 2.24) is 5.32 Å². The Kier molecular flexibility index (Phi) is 5.32. The molecule has 0 aromatic heterocycles. The number of halogens is 3. The summed E-state index contributed by atoms with van der Waals surface area (Å²) in [5.41, 5.74) is 2.24. The standard InChI is InChI=1S/C17H18ClF2N/c1-3-21-17(14-8-11(2)4-7-16(14)20)10-12-9-13(19)5-6-15(12)18/h4-9,17,21H,3,10H2,1-2H3. The molecule has 2 aromatic carbocycles. The average molecular weight is 310 g/mol. The lowest BCUT2D eigenvalue weighted by atomic mass is 9.97. The van der Waals surface area contributed by atoms with Gasteiger partial charge in [0.1, 0.15) is 11.6 Å². The quantitative estimate of drug-likeness (QED) is 0.835. The zero-order valence-corrected chi connectivity index (χ0v) is 12.8. The zero-order chi connectivity index (χ0) is 15.4. The Bertz CT molecular complexity index is 628. The predicted molar refractivity (Wildman–Crippen MR) is 82.7 cm³/mol. The van der Waals surface area contributed by atoms with E-state index in [0.29, 0.717) is 29.1 Å². The van der Waals surface area contributed by atoms with Gasteiger partial charge in [0.2, 0.25) is 0 Å². The van der Waals surface area contributed by atoms with Gasteiger partial charge in [-0.05, 0) is 49.7 Å². The third-order valence-electron chi connectivity index (χ3n) is 3.41. The highest BCUT2D eigenvalue weighted by molar-refractivity contribution is 6.31. The summed E-state index contributed by atoms with van der Waals surface area (Å²) in [6.45, 7) is 4.56. The molecule has 0 saturated heterocycles. The van der Waals surface area contributed by atoms with Crippen molar-refractivity contribution in [2.45, 2.75) is 26.3 Å². The third kappa shape index (κ3) is 4.02. The Balaban J connectivity index is 2.35. The maximum atomic E-state index is 14.1. The monoisotopic (exact) mass is 309 g/mol. The van der Waals surface area contributed by atoms with Crippen molar-refractivity contribution in [3.8, 4) is 0 Å². The number of rotatable bonds is 5. The number of hydrogen-bond acceptors (Lipinski definition) is 1.